The van der Waals surface area contributed by atoms with E-state index in [1.54, 1.807) is 0 Å². The van der Waals surface area contributed by atoms with Crippen molar-refractivity contribution < 1.29 is 0 Å². The Labute approximate surface area is 102 Å². The summed E-state index contributed by atoms with van der Waals surface area (Å²) in [6, 6.07) is 0.893. The number of hydrogen-bond acceptors (Lipinski definition) is 0. The highest BCUT2D eigenvalue weighted by Crippen LogP contribution is 2.14. The summed E-state index contributed by atoms with van der Waals surface area (Å²) in [4.78, 5) is 0. The Morgan fingerprint density at radius 2 is 1.19 bits per heavy atom. The molecule has 0 amide bonds. The predicted molar refractivity (Wildman–Crippen MR) is 75.1 cm³/mol. The smallest absolute Gasteiger partial charge is 0.125 e. The molecule has 0 rings (SSSR count). The molecule has 0 aromatic rings. The van der Waals surface area contributed by atoms with Crippen LogP contribution in [0.3, 0.4) is 0 Å². The molecule has 0 saturated carbocycles. The van der Waals surface area contributed by atoms with Crippen molar-refractivity contribution in [1.29, 1.82) is 0 Å². The van der Waals surface area contributed by atoms with Crippen LogP contribution in [0.25, 0.3) is 0 Å². The molecule has 0 aliphatic heterocycles. The van der Waals surface area contributed by atoms with Crippen molar-refractivity contribution in [3.05, 3.63) is 0 Å². The molecule has 0 spiro atoms. The molecular formula is C15H22Si. The molecule has 0 radical (unpaired) electrons. The topological polar surface area (TPSA) is 0 Å². The SMILES string of the molecule is C#C[Si](C#C)(C#C)CCCCCCCCC. The molecule has 0 unspecified atom stereocenters. The van der Waals surface area contributed by atoms with Crippen LogP contribution in [0.1, 0.15) is 51.9 Å². The number of rotatable bonds is 8. The number of unbranched alkanes of at least 4 members (excludes halogenated alkanes) is 6. The molecule has 16 heavy (non-hydrogen) atoms. The van der Waals surface area contributed by atoms with Crippen molar-refractivity contribution in [3.63, 3.8) is 0 Å². The third-order valence-electron chi connectivity index (χ3n) is 2.89. The maximum absolute atomic E-state index is 5.44. The Morgan fingerprint density at radius 3 is 1.62 bits per heavy atom. The van der Waals surface area contributed by atoms with Gasteiger partial charge in [0.2, 0.25) is 0 Å². The lowest BCUT2D eigenvalue weighted by atomic mass is 10.1. The van der Waals surface area contributed by atoms with Crippen molar-refractivity contribution in [1.82, 2.24) is 0 Å². The van der Waals surface area contributed by atoms with Crippen molar-refractivity contribution in [2.24, 2.45) is 0 Å². The van der Waals surface area contributed by atoms with Gasteiger partial charge in [-0.1, -0.05) is 51.9 Å². The molecule has 0 atom stereocenters. The number of terminal acetylenes is 3. The average molecular weight is 230 g/mol. The Balaban J connectivity index is 3.63. The molecule has 0 aromatic heterocycles. The number of hydrogen-bond donors (Lipinski definition) is 0. The minimum Gasteiger partial charge on any atom is -0.125 e. The zero-order valence-corrected chi connectivity index (χ0v) is 11.4. The predicted octanol–water partition coefficient (Wildman–Crippen LogP) is 3.70. The van der Waals surface area contributed by atoms with Crippen molar-refractivity contribution >= 4 is 8.07 Å². The van der Waals surface area contributed by atoms with Crippen LogP contribution in [0, 0.1) is 35.9 Å². The quantitative estimate of drug-likeness (QED) is 0.339. The van der Waals surface area contributed by atoms with Crippen LogP contribution < -0.4 is 0 Å². The first-order valence-electron chi connectivity index (χ1n) is 6.18. The summed E-state index contributed by atoms with van der Waals surface area (Å²) in [7, 11) is -2.21. The fraction of sp³-hybridized carbons (Fsp3) is 0.600. The van der Waals surface area contributed by atoms with Crippen molar-refractivity contribution in [2.75, 3.05) is 0 Å². The van der Waals surface area contributed by atoms with Gasteiger partial charge in [0.1, 0.15) is 0 Å². The molecule has 0 aromatic carbocycles. The van der Waals surface area contributed by atoms with Gasteiger partial charge in [-0.2, -0.15) is 0 Å². The van der Waals surface area contributed by atoms with Gasteiger partial charge in [0.15, 0.2) is 0 Å². The minimum absolute atomic E-state index is 0.893. The Morgan fingerprint density at radius 1 is 0.750 bits per heavy atom. The highest BCUT2D eigenvalue weighted by atomic mass is 28.3. The third kappa shape index (κ3) is 5.70. The van der Waals surface area contributed by atoms with Gasteiger partial charge < -0.3 is 0 Å². The van der Waals surface area contributed by atoms with E-state index in [1.165, 1.54) is 38.5 Å². The maximum atomic E-state index is 5.44. The molecular weight excluding hydrogens is 208 g/mol. The molecule has 0 bridgehead atoms. The monoisotopic (exact) mass is 230 g/mol. The van der Waals surface area contributed by atoms with E-state index < -0.39 is 8.07 Å². The first-order chi connectivity index (χ1) is 7.74. The second-order valence-corrected chi connectivity index (χ2v) is 7.39. The molecule has 0 fully saturated rings. The maximum Gasteiger partial charge on any atom is 0.289 e. The molecule has 86 valence electrons. The summed E-state index contributed by atoms with van der Waals surface area (Å²) in [6.07, 6.45) is 25.2. The van der Waals surface area contributed by atoms with Crippen LogP contribution in [0.5, 0.6) is 0 Å². The lowest BCUT2D eigenvalue weighted by Gasteiger charge is -2.11. The first kappa shape index (κ1) is 14.9. The molecule has 0 aliphatic carbocycles. The van der Waals surface area contributed by atoms with Gasteiger partial charge in [-0.05, 0) is 6.04 Å². The van der Waals surface area contributed by atoms with E-state index in [0.29, 0.717) is 0 Å². The van der Waals surface area contributed by atoms with Gasteiger partial charge in [-0.25, -0.2) is 0 Å². The molecule has 0 aliphatic rings. The largest absolute Gasteiger partial charge is 0.289 e. The van der Waals surface area contributed by atoms with E-state index in [4.69, 9.17) is 19.3 Å². The van der Waals surface area contributed by atoms with Gasteiger partial charge in [0.25, 0.3) is 8.07 Å². The van der Waals surface area contributed by atoms with E-state index in [-0.39, 0.29) is 0 Å². The van der Waals surface area contributed by atoms with Crippen LogP contribution in [0.4, 0.5) is 0 Å². The first-order valence-corrected chi connectivity index (χ1v) is 8.38. The summed E-state index contributed by atoms with van der Waals surface area (Å²) in [5, 5.41) is 0. The fourth-order valence-electron chi connectivity index (χ4n) is 1.69. The van der Waals surface area contributed by atoms with Gasteiger partial charge in [-0.3, -0.25) is 0 Å². The highest BCUT2D eigenvalue weighted by Gasteiger charge is 2.25. The lowest BCUT2D eigenvalue weighted by molar-refractivity contribution is 0.601. The van der Waals surface area contributed by atoms with E-state index >= 15 is 0 Å². The molecule has 0 heterocycles. The minimum atomic E-state index is -2.21. The normalized spacial score (nSPS) is 10.1. The Kier molecular flexibility index (Phi) is 8.52. The van der Waals surface area contributed by atoms with Crippen LogP contribution in [0.2, 0.25) is 6.04 Å². The Hall–Kier alpha value is -1.10. The van der Waals surface area contributed by atoms with E-state index in [0.717, 1.165) is 12.5 Å². The van der Waals surface area contributed by atoms with Gasteiger partial charge >= 0.3 is 0 Å². The van der Waals surface area contributed by atoms with Crippen molar-refractivity contribution in [3.8, 4) is 35.9 Å². The van der Waals surface area contributed by atoms with E-state index in [9.17, 15) is 0 Å². The summed E-state index contributed by atoms with van der Waals surface area (Å²) >= 11 is 0. The van der Waals surface area contributed by atoms with Crippen LogP contribution in [-0.2, 0) is 0 Å². The average Bonchev–Trinajstić information content (AvgIpc) is 2.34. The van der Waals surface area contributed by atoms with Crippen LogP contribution in [-0.4, -0.2) is 8.07 Å². The van der Waals surface area contributed by atoms with Crippen molar-refractivity contribution in [2.45, 2.75) is 57.9 Å². The lowest BCUT2D eigenvalue weighted by Crippen LogP contribution is -2.29. The molecule has 1 heteroatoms. The van der Waals surface area contributed by atoms with E-state index in [1.807, 2.05) is 0 Å². The van der Waals surface area contributed by atoms with Gasteiger partial charge in [-0.15, -0.1) is 35.9 Å². The second-order valence-electron chi connectivity index (χ2n) is 4.21. The van der Waals surface area contributed by atoms with Gasteiger partial charge in [0, 0.05) is 0 Å². The highest BCUT2D eigenvalue weighted by molar-refractivity contribution is 7.00. The standard InChI is InChI=1S/C15H22Si/c1-5-9-10-11-12-13-14-15-16(6-2,7-3)8-4/h2-4H,5,9-15H2,1H3. The zero-order valence-electron chi connectivity index (χ0n) is 10.4. The third-order valence-corrected chi connectivity index (χ3v) is 5.48. The second kappa shape index (κ2) is 9.15. The summed E-state index contributed by atoms with van der Waals surface area (Å²) in [6.45, 7) is 2.23. The molecule has 0 N–H and O–H groups in total. The van der Waals surface area contributed by atoms with Crippen LogP contribution in [0.15, 0.2) is 0 Å². The summed E-state index contributed by atoms with van der Waals surface area (Å²) < 4.78 is 0. The van der Waals surface area contributed by atoms with Gasteiger partial charge in [0.05, 0.1) is 0 Å². The molecule has 0 saturated heterocycles. The Bertz CT molecular complexity index is 259. The van der Waals surface area contributed by atoms with E-state index in [2.05, 4.69) is 23.6 Å². The van der Waals surface area contributed by atoms with Crippen LogP contribution >= 0.6 is 0 Å². The zero-order chi connectivity index (χ0) is 12.3. The summed E-state index contributed by atoms with van der Waals surface area (Å²) in [5.74, 6) is 0. The summed E-state index contributed by atoms with van der Waals surface area (Å²) in [5.41, 5.74) is 8.08. The molecule has 0 nitrogen and oxygen atoms in total. The fourth-order valence-corrected chi connectivity index (χ4v) is 3.15.